The van der Waals surface area contributed by atoms with Crippen molar-refractivity contribution in [3.05, 3.63) is 90.3 Å². The van der Waals surface area contributed by atoms with E-state index in [-0.39, 0.29) is 10.8 Å². The Hall–Kier alpha value is -3.73. The molecule has 2 aliphatic heterocycles. The molecule has 6 rings (SSSR count). The van der Waals surface area contributed by atoms with E-state index in [0.717, 1.165) is 42.0 Å². The fraction of sp³-hybridized carbons (Fsp3) is 0.355. The van der Waals surface area contributed by atoms with Gasteiger partial charge < -0.3 is 18.9 Å². The third-order valence-electron chi connectivity index (χ3n) is 7.90. The number of ether oxygens (including phenoxy) is 2. The normalized spacial score (nSPS) is 17.1. The molecule has 214 valence electrons. The number of sulfonamides is 1. The molecule has 0 N–H and O–H groups in total. The molecule has 4 aromatic rings. The van der Waals surface area contributed by atoms with E-state index in [1.807, 2.05) is 53.4 Å². The van der Waals surface area contributed by atoms with Crippen LogP contribution < -0.4 is 4.74 Å². The largest absolute Gasteiger partial charge is 0.486 e. The summed E-state index contributed by atoms with van der Waals surface area (Å²) in [6, 6.07) is 24.2. The highest BCUT2D eigenvalue weighted by Crippen LogP contribution is 2.26. The van der Waals surface area contributed by atoms with Gasteiger partial charge in [0.1, 0.15) is 18.2 Å². The zero-order valence-electron chi connectivity index (χ0n) is 22.9. The third kappa shape index (κ3) is 6.00. The van der Waals surface area contributed by atoms with Crippen molar-refractivity contribution in [2.45, 2.75) is 30.9 Å². The summed E-state index contributed by atoms with van der Waals surface area (Å²) in [5.41, 5.74) is 2.54. The van der Waals surface area contributed by atoms with Crippen LogP contribution in [0, 0.1) is 5.92 Å². The summed E-state index contributed by atoms with van der Waals surface area (Å²) >= 11 is 0. The van der Waals surface area contributed by atoms with Gasteiger partial charge in [-0.2, -0.15) is 4.31 Å². The van der Waals surface area contributed by atoms with Gasteiger partial charge in [0.25, 0.3) is 5.91 Å². The first-order chi connectivity index (χ1) is 20.0. The summed E-state index contributed by atoms with van der Waals surface area (Å²) < 4.78 is 40.8. The van der Waals surface area contributed by atoms with Crippen molar-refractivity contribution in [3.63, 3.8) is 0 Å². The standard InChI is InChI=1S/C31H34N4O5S/c36-31(25-10-12-27(13-11-25)41(37,38)34-18-20-39-21-19-34)33-16-14-24(15-17-33)22-35-29-9-5-4-8-28(29)32-30(35)23-40-26-6-2-1-3-7-26/h1-13,24H,14-23H2. The first kappa shape index (κ1) is 27.4. The number of rotatable bonds is 8. The number of hydrogen-bond acceptors (Lipinski definition) is 6. The summed E-state index contributed by atoms with van der Waals surface area (Å²) in [7, 11) is -3.59. The molecule has 3 aromatic carbocycles. The average Bonchev–Trinajstić information content (AvgIpc) is 3.38. The number of amides is 1. The maximum Gasteiger partial charge on any atom is 0.253 e. The van der Waals surface area contributed by atoms with Crippen LogP contribution in [0.5, 0.6) is 5.75 Å². The van der Waals surface area contributed by atoms with Crippen LogP contribution in [-0.2, 0) is 27.9 Å². The molecule has 2 aliphatic rings. The topological polar surface area (TPSA) is 94.0 Å². The number of piperidine rings is 1. The molecular weight excluding hydrogens is 540 g/mol. The highest BCUT2D eigenvalue weighted by molar-refractivity contribution is 7.89. The number of carbonyl (C=O) groups is 1. The van der Waals surface area contributed by atoms with Crippen LogP contribution in [0.25, 0.3) is 11.0 Å². The molecule has 41 heavy (non-hydrogen) atoms. The zero-order valence-corrected chi connectivity index (χ0v) is 23.7. The van der Waals surface area contributed by atoms with Crippen LogP contribution in [0.3, 0.4) is 0 Å². The molecule has 0 aliphatic carbocycles. The lowest BCUT2D eigenvalue weighted by molar-refractivity contribution is 0.0682. The quantitative estimate of drug-likeness (QED) is 0.313. The number of para-hydroxylation sites is 3. The number of benzene rings is 3. The van der Waals surface area contributed by atoms with Gasteiger partial charge in [-0.3, -0.25) is 4.79 Å². The average molecular weight is 575 g/mol. The molecule has 3 heterocycles. The van der Waals surface area contributed by atoms with Gasteiger partial charge in [-0.05, 0) is 67.3 Å². The molecular formula is C31H34N4O5S. The molecule has 0 radical (unpaired) electrons. The van der Waals surface area contributed by atoms with E-state index in [4.69, 9.17) is 14.5 Å². The second-order valence-corrected chi connectivity index (χ2v) is 12.4. The van der Waals surface area contributed by atoms with E-state index in [2.05, 4.69) is 10.6 Å². The molecule has 0 bridgehead atoms. The third-order valence-corrected chi connectivity index (χ3v) is 9.81. The van der Waals surface area contributed by atoms with E-state index in [0.29, 0.717) is 57.5 Å². The lowest BCUT2D eigenvalue weighted by atomic mass is 9.96. The molecule has 0 spiro atoms. The molecule has 1 amide bonds. The first-order valence-corrected chi connectivity index (χ1v) is 15.5. The Kier molecular flexibility index (Phi) is 8.04. The van der Waals surface area contributed by atoms with Gasteiger partial charge in [-0.15, -0.1) is 0 Å². The van der Waals surface area contributed by atoms with Crippen molar-refractivity contribution in [2.75, 3.05) is 39.4 Å². The van der Waals surface area contributed by atoms with Gasteiger partial charge in [-0.25, -0.2) is 13.4 Å². The van der Waals surface area contributed by atoms with Crippen LogP contribution in [0.4, 0.5) is 0 Å². The summed E-state index contributed by atoms with van der Waals surface area (Å²) in [6.45, 7) is 3.97. The summed E-state index contributed by atoms with van der Waals surface area (Å²) in [5, 5.41) is 0. The van der Waals surface area contributed by atoms with Gasteiger partial charge in [0.05, 0.1) is 29.1 Å². The van der Waals surface area contributed by atoms with E-state index in [1.54, 1.807) is 12.1 Å². The molecule has 1 aromatic heterocycles. The highest BCUT2D eigenvalue weighted by atomic mass is 32.2. The van der Waals surface area contributed by atoms with Gasteiger partial charge in [0.2, 0.25) is 10.0 Å². The Balaban J connectivity index is 1.09. The smallest absolute Gasteiger partial charge is 0.253 e. The number of carbonyl (C=O) groups excluding carboxylic acids is 1. The number of fused-ring (bicyclic) bond motifs is 1. The van der Waals surface area contributed by atoms with Gasteiger partial charge in [0, 0.05) is 38.3 Å². The highest BCUT2D eigenvalue weighted by Gasteiger charge is 2.28. The van der Waals surface area contributed by atoms with Crippen molar-refractivity contribution in [3.8, 4) is 5.75 Å². The molecule has 2 fully saturated rings. The predicted octanol–water partition coefficient (Wildman–Crippen LogP) is 4.19. The molecule has 0 unspecified atom stereocenters. The van der Waals surface area contributed by atoms with Crippen LogP contribution in [0.1, 0.15) is 29.0 Å². The van der Waals surface area contributed by atoms with Gasteiger partial charge >= 0.3 is 0 Å². The monoisotopic (exact) mass is 574 g/mol. The lowest BCUT2D eigenvalue weighted by Crippen LogP contribution is -2.40. The molecule has 9 nitrogen and oxygen atoms in total. The van der Waals surface area contributed by atoms with Crippen molar-refractivity contribution in [1.29, 1.82) is 0 Å². The maximum atomic E-state index is 13.3. The van der Waals surface area contributed by atoms with Crippen LogP contribution >= 0.6 is 0 Å². The van der Waals surface area contributed by atoms with Crippen LogP contribution in [0.2, 0.25) is 0 Å². The number of nitrogens with zero attached hydrogens (tertiary/aromatic N) is 4. The number of morpholine rings is 1. The van der Waals surface area contributed by atoms with Crippen molar-refractivity contribution in [1.82, 2.24) is 18.8 Å². The van der Waals surface area contributed by atoms with E-state index in [9.17, 15) is 13.2 Å². The SMILES string of the molecule is O=C(c1ccc(S(=O)(=O)N2CCOCC2)cc1)N1CCC(Cn2c(COc3ccccc3)nc3ccccc32)CC1. The summed E-state index contributed by atoms with van der Waals surface area (Å²) in [5.74, 6) is 2.03. The van der Waals surface area contributed by atoms with Crippen molar-refractivity contribution >= 4 is 27.0 Å². The van der Waals surface area contributed by atoms with Crippen molar-refractivity contribution in [2.24, 2.45) is 5.92 Å². The second kappa shape index (κ2) is 12.0. The van der Waals surface area contributed by atoms with Gasteiger partial charge in [0.15, 0.2) is 0 Å². The number of hydrogen-bond donors (Lipinski definition) is 0. The first-order valence-electron chi connectivity index (χ1n) is 14.1. The Bertz CT molecular complexity index is 1590. The molecule has 0 saturated carbocycles. The van der Waals surface area contributed by atoms with E-state index >= 15 is 0 Å². The lowest BCUT2D eigenvalue weighted by Gasteiger charge is -2.32. The minimum absolute atomic E-state index is 0.0659. The minimum Gasteiger partial charge on any atom is -0.486 e. The van der Waals surface area contributed by atoms with Crippen LogP contribution in [-0.4, -0.2) is 72.5 Å². The fourth-order valence-corrected chi connectivity index (χ4v) is 6.98. The number of likely N-dealkylation sites (tertiary alicyclic amines) is 1. The Morgan fingerprint density at radius 2 is 1.56 bits per heavy atom. The van der Waals surface area contributed by atoms with Crippen LogP contribution in [0.15, 0.2) is 83.8 Å². The van der Waals surface area contributed by atoms with Crippen molar-refractivity contribution < 1.29 is 22.7 Å². The Morgan fingerprint density at radius 3 is 2.29 bits per heavy atom. The van der Waals surface area contributed by atoms with Gasteiger partial charge in [-0.1, -0.05) is 30.3 Å². The predicted molar refractivity (Wildman–Crippen MR) is 155 cm³/mol. The summed E-state index contributed by atoms with van der Waals surface area (Å²) in [6.07, 6.45) is 1.75. The number of aromatic nitrogens is 2. The maximum absolute atomic E-state index is 13.3. The van der Waals surface area contributed by atoms with E-state index < -0.39 is 10.0 Å². The Morgan fingerprint density at radius 1 is 0.878 bits per heavy atom. The molecule has 0 atom stereocenters. The molecule has 2 saturated heterocycles. The Labute approximate surface area is 240 Å². The minimum atomic E-state index is -3.59. The second-order valence-electron chi connectivity index (χ2n) is 10.5. The van der Waals surface area contributed by atoms with E-state index in [1.165, 1.54) is 16.4 Å². The fourth-order valence-electron chi connectivity index (χ4n) is 5.57. The number of imidazole rings is 1. The summed E-state index contributed by atoms with van der Waals surface area (Å²) in [4.78, 5) is 20.2. The zero-order chi connectivity index (χ0) is 28.2. The molecule has 10 heteroatoms.